The number of benzene rings is 2. The fourth-order valence-electron chi connectivity index (χ4n) is 3.23. The molecule has 0 atom stereocenters. The standard InChI is InChI=1S/C25H27N3O3S/c1-5-21-18(4)32-15-22(21)25(30)26-20-11-8-10-19(13-20)17(3)27-28-24(29)14-31-23-12-7-6-9-16(23)2/h6-13,15H,5,14H2,1-4H3,(H,26,30)(H,28,29). The van der Waals surface area contributed by atoms with Gasteiger partial charge >= 0.3 is 0 Å². The summed E-state index contributed by atoms with van der Waals surface area (Å²) < 4.78 is 5.53. The second kappa shape index (κ2) is 10.7. The van der Waals surface area contributed by atoms with E-state index in [2.05, 4.69) is 15.8 Å². The topological polar surface area (TPSA) is 79.8 Å². The van der Waals surface area contributed by atoms with Crippen LogP contribution in [0.3, 0.4) is 0 Å². The first-order valence-corrected chi connectivity index (χ1v) is 11.3. The molecule has 2 amide bonds. The van der Waals surface area contributed by atoms with Crippen LogP contribution in [0.25, 0.3) is 0 Å². The Morgan fingerprint density at radius 1 is 1.09 bits per heavy atom. The van der Waals surface area contributed by atoms with Gasteiger partial charge in [-0.05, 0) is 62.1 Å². The lowest BCUT2D eigenvalue weighted by Crippen LogP contribution is -2.25. The maximum absolute atomic E-state index is 12.7. The number of nitrogens with zero attached hydrogens (tertiary/aromatic N) is 1. The van der Waals surface area contributed by atoms with Gasteiger partial charge in [0.1, 0.15) is 5.75 Å². The molecule has 6 nitrogen and oxygen atoms in total. The SMILES string of the molecule is CCc1c(C(=O)Nc2cccc(C(C)=NNC(=O)COc3ccccc3C)c2)csc1C. The molecule has 0 fully saturated rings. The average Bonchev–Trinajstić information content (AvgIpc) is 3.17. The van der Waals surface area contributed by atoms with Crippen LogP contribution in [0.5, 0.6) is 5.75 Å². The van der Waals surface area contributed by atoms with E-state index >= 15 is 0 Å². The second-order valence-electron chi connectivity index (χ2n) is 7.36. The van der Waals surface area contributed by atoms with Gasteiger partial charge in [-0.2, -0.15) is 5.10 Å². The number of carbonyl (C=O) groups is 2. The monoisotopic (exact) mass is 449 g/mol. The van der Waals surface area contributed by atoms with Crippen molar-refractivity contribution in [1.82, 2.24) is 5.43 Å². The molecule has 0 spiro atoms. The zero-order chi connectivity index (χ0) is 23.1. The predicted molar refractivity (Wildman–Crippen MR) is 130 cm³/mol. The number of hydrogen-bond acceptors (Lipinski definition) is 5. The van der Waals surface area contributed by atoms with Crippen molar-refractivity contribution in [2.75, 3.05) is 11.9 Å². The van der Waals surface area contributed by atoms with Gasteiger partial charge < -0.3 is 10.1 Å². The van der Waals surface area contributed by atoms with E-state index in [1.807, 2.05) is 74.7 Å². The predicted octanol–water partition coefficient (Wildman–Crippen LogP) is 5.10. The second-order valence-corrected chi connectivity index (χ2v) is 8.44. The number of hydrazone groups is 1. The van der Waals surface area contributed by atoms with Gasteiger partial charge in [0.05, 0.1) is 11.3 Å². The van der Waals surface area contributed by atoms with Crippen LogP contribution >= 0.6 is 11.3 Å². The highest BCUT2D eigenvalue weighted by Gasteiger charge is 2.15. The van der Waals surface area contributed by atoms with Crippen molar-refractivity contribution in [2.45, 2.75) is 34.1 Å². The van der Waals surface area contributed by atoms with Crippen LogP contribution in [0.15, 0.2) is 59.0 Å². The Hall–Kier alpha value is -3.45. The van der Waals surface area contributed by atoms with Crippen molar-refractivity contribution in [3.05, 3.63) is 81.0 Å². The van der Waals surface area contributed by atoms with E-state index < -0.39 is 0 Å². The summed E-state index contributed by atoms with van der Waals surface area (Å²) in [5, 5.41) is 9.02. The summed E-state index contributed by atoms with van der Waals surface area (Å²) in [5.74, 6) is 0.190. The van der Waals surface area contributed by atoms with Gasteiger partial charge in [0, 0.05) is 15.9 Å². The first-order valence-electron chi connectivity index (χ1n) is 10.4. The molecule has 2 N–H and O–H groups in total. The maximum atomic E-state index is 12.7. The Labute approximate surface area is 192 Å². The van der Waals surface area contributed by atoms with Crippen molar-refractivity contribution in [2.24, 2.45) is 5.10 Å². The number of nitrogens with one attached hydrogen (secondary N) is 2. The normalized spacial score (nSPS) is 11.2. The third-order valence-corrected chi connectivity index (χ3v) is 5.99. The van der Waals surface area contributed by atoms with E-state index in [0.717, 1.165) is 28.0 Å². The number of rotatable bonds is 8. The van der Waals surface area contributed by atoms with Crippen LogP contribution in [0, 0.1) is 13.8 Å². The molecule has 0 radical (unpaired) electrons. The third-order valence-electron chi connectivity index (χ3n) is 5.04. The fraction of sp³-hybridized carbons (Fsp3) is 0.240. The minimum atomic E-state index is -0.350. The van der Waals surface area contributed by atoms with E-state index in [0.29, 0.717) is 22.7 Å². The number of aryl methyl sites for hydroxylation is 2. The molecule has 0 unspecified atom stereocenters. The van der Waals surface area contributed by atoms with E-state index in [1.54, 1.807) is 18.3 Å². The molecule has 7 heteroatoms. The van der Waals surface area contributed by atoms with Crippen LogP contribution in [0.1, 0.15) is 45.8 Å². The highest BCUT2D eigenvalue weighted by molar-refractivity contribution is 7.10. The molecular weight excluding hydrogens is 422 g/mol. The molecule has 0 aliphatic rings. The van der Waals surface area contributed by atoms with Crippen LogP contribution in [-0.2, 0) is 11.2 Å². The summed E-state index contributed by atoms with van der Waals surface area (Å²) in [6, 6.07) is 14.9. The molecule has 3 aromatic rings. The Morgan fingerprint density at radius 3 is 2.62 bits per heavy atom. The summed E-state index contributed by atoms with van der Waals surface area (Å²) in [5.41, 5.74) is 7.35. The fourth-order valence-corrected chi connectivity index (χ4v) is 4.17. The summed E-state index contributed by atoms with van der Waals surface area (Å²) in [4.78, 5) is 26.0. The zero-order valence-electron chi connectivity index (χ0n) is 18.7. The average molecular weight is 450 g/mol. The minimum absolute atomic E-state index is 0.125. The molecule has 3 rings (SSSR count). The van der Waals surface area contributed by atoms with Gasteiger partial charge in [0.25, 0.3) is 11.8 Å². The molecule has 0 saturated carbocycles. The van der Waals surface area contributed by atoms with Crippen molar-refractivity contribution >= 4 is 34.6 Å². The van der Waals surface area contributed by atoms with Crippen LogP contribution in [-0.4, -0.2) is 24.1 Å². The van der Waals surface area contributed by atoms with Crippen molar-refractivity contribution in [3.8, 4) is 5.75 Å². The molecular formula is C25H27N3O3S. The van der Waals surface area contributed by atoms with E-state index in [9.17, 15) is 9.59 Å². The summed E-state index contributed by atoms with van der Waals surface area (Å²) in [7, 11) is 0. The van der Waals surface area contributed by atoms with E-state index in [-0.39, 0.29) is 18.4 Å². The largest absolute Gasteiger partial charge is 0.483 e. The van der Waals surface area contributed by atoms with Gasteiger partial charge in [-0.15, -0.1) is 11.3 Å². The molecule has 2 aromatic carbocycles. The highest BCUT2D eigenvalue weighted by atomic mass is 32.1. The molecule has 1 heterocycles. The summed E-state index contributed by atoms with van der Waals surface area (Å²) >= 11 is 1.58. The Balaban J connectivity index is 1.61. The van der Waals surface area contributed by atoms with Crippen molar-refractivity contribution < 1.29 is 14.3 Å². The quantitative estimate of drug-likeness (QED) is 0.371. The number of ether oxygens (including phenoxy) is 1. The number of carbonyl (C=O) groups excluding carboxylic acids is 2. The number of hydrogen-bond donors (Lipinski definition) is 2. The van der Waals surface area contributed by atoms with Gasteiger partial charge in [0.2, 0.25) is 0 Å². The molecule has 166 valence electrons. The molecule has 0 saturated heterocycles. The Bertz CT molecular complexity index is 1150. The maximum Gasteiger partial charge on any atom is 0.277 e. The lowest BCUT2D eigenvalue weighted by Gasteiger charge is -2.09. The minimum Gasteiger partial charge on any atom is -0.483 e. The number of thiophene rings is 1. The highest BCUT2D eigenvalue weighted by Crippen LogP contribution is 2.23. The van der Waals surface area contributed by atoms with Gasteiger partial charge in [0.15, 0.2) is 6.61 Å². The first kappa shape index (κ1) is 23.2. The van der Waals surface area contributed by atoms with E-state index in [4.69, 9.17) is 4.74 Å². The number of amides is 2. The van der Waals surface area contributed by atoms with Crippen LogP contribution < -0.4 is 15.5 Å². The molecule has 0 aliphatic carbocycles. The molecule has 0 aliphatic heterocycles. The summed E-state index contributed by atoms with van der Waals surface area (Å²) in [6.07, 6.45) is 0.817. The zero-order valence-corrected chi connectivity index (χ0v) is 19.5. The molecule has 32 heavy (non-hydrogen) atoms. The third kappa shape index (κ3) is 5.82. The van der Waals surface area contributed by atoms with Crippen molar-refractivity contribution in [1.29, 1.82) is 0 Å². The number of anilines is 1. The molecule has 1 aromatic heterocycles. The lowest BCUT2D eigenvalue weighted by atomic mass is 10.1. The Kier molecular flexibility index (Phi) is 7.78. The van der Waals surface area contributed by atoms with Crippen molar-refractivity contribution in [3.63, 3.8) is 0 Å². The summed E-state index contributed by atoms with van der Waals surface area (Å²) in [6.45, 7) is 7.66. The smallest absolute Gasteiger partial charge is 0.277 e. The number of para-hydroxylation sites is 1. The lowest BCUT2D eigenvalue weighted by molar-refractivity contribution is -0.123. The van der Waals surface area contributed by atoms with E-state index in [1.165, 1.54) is 0 Å². The van der Waals surface area contributed by atoms with Crippen LogP contribution in [0.2, 0.25) is 0 Å². The van der Waals surface area contributed by atoms with Gasteiger partial charge in [-0.1, -0.05) is 37.3 Å². The van der Waals surface area contributed by atoms with Gasteiger partial charge in [-0.25, -0.2) is 5.43 Å². The Morgan fingerprint density at radius 2 is 1.88 bits per heavy atom. The van der Waals surface area contributed by atoms with Gasteiger partial charge in [-0.3, -0.25) is 9.59 Å². The van der Waals surface area contributed by atoms with Crippen LogP contribution in [0.4, 0.5) is 5.69 Å². The first-order chi connectivity index (χ1) is 15.4. The molecule has 0 bridgehead atoms.